The molecule has 2 rings (SSSR count). The van der Waals surface area contributed by atoms with Crippen LogP contribution in [0.25, 0.3) is 0 Å². The average molecular weight is 327 g/mol. The van der Waals surface area contributed by atoms with E-state index in [2.05, 4.69) is 11.4 Å². The second kappa shape index (κ2) is 6.86. The first kappa shape index (κ1) is 15.0. The van der Waals surface area contributed by atoms with Gasteiger partial charge >= 0.3 is 0 Å². The van der Waals surface area contributed by atoms with Gasteiger partial charge in [0.15, 0.2) is 6.54 Å². The lowest BCUT2D eigenvalue weighted by Crippen LogP contribution is -3.08. The van der Waals surface area contributed by atoms with Gasteiger partial charge in [0.25, 0.3) is 5.91 Å². The van der Waals surface area contributed by atoms with E-state index in [4.69, 9.17) is 16.9 Å². The van der Waals surface area contributed by atoms with Crippen molar-refractivity contribution in [2.24, 2.45) is 0 Å². The molecule has 0 aliphatic rings. The van der Waals surface area contributed by atoms with E-state index in [-0.39, 0.29) is 5.91 Å². The zero-order valence-corrected chi connectivity index (χ0v) is 13.2. The van der Waals surface area contributed by atoms with Gasteiger partial charge in [-0.2, -0.15) is 5.26 Å². The summed E-state index contributed by atoms with van der Waals surface area (Å²) in [4.78, 5) is 14.1. The molecule has 0 spiro atoms. The Bertz CT molecular complexity index is 644. The third-order valence-corrected chi connectivity index (χ3v) is 4.67. The number of hydrogen-bond acceptors (Lipinski definition) is 4. The molecule has 0 aliphatic heterocycles. The normalized spacial score (nSPS) is 11.8. The van der Waals surface area contributed by atoms with Crippen LogP contribution in [-0.2, 0) is 11.3 Å². The second-order valence-electron chi connectivity index (χ2n) is 4.34. The van der Waals surface area contributed by atoms with Gasteiger partial charge in [0, 0.05) is 0 Å². The van der Waals surface area contributed by atoms with E-state index in [9.17, 15) is 4.79 Å². The summed E-state index contributed by atoms with van der Waals surface area (Å²) >= 11 is 8.76. The number of rotatable bonds is 5. The maximum absolute atomic E-state index is 11.9. The van der Waals surface area contributed by atoms with Crippen LogP contribution in [0.15, 0.2) is 23.6 Å². The molecule has 1 atom stereocenters. The molecule has 0 saturated heterocycles. The highest BCUT2D eigenvalue weighted by Gasteiger charge is 2.14. The maximum Gasteiger partial charge on any atom is 0.280 e. The van der Waals surface area contributed by atoms with Gasteiger partial charge in [-0.25, -0.2) is 0 Å². The highest BCUT2D eigenvalue weighted by molar-refractivity contribution is 7.16. The summed E-state index contributed by atoms with van der Waals surface area (Å²) in [6, 6.07) is 7.59. The number of quaternary nitrogens is 1. The highest BCUT2D eigenvalue weighted by Crippen LogP contribution is 2.22. The number of nitriles is 1. The van der Waals surface area contributed by atoms with E-state index in [0.717, 1.165) is 20.7 Å². The fourth-order valence-corrected chi connectivity index (χ4v) is 3.70. The van der Waals surface area contributed by atoms with Gasteiger partial charge in [-0.05, 0) is 23.6 Å². The molecular weight excluding hydrogens is 314 g/mol. The topological polar surface area (TPSA) is 57.3 Å². The average Bonchev–Trinajstić information content (AvgIpc) is 2.98. The summed E-state index contributed by atoms with van der Waals surface area (Å²) in [7, 11) is 1.95. The first-order valence-corrected chi connectivity index (χ1v) is 7.99. The number of thiophene rings is 2. The summed E-state index contributed by atoms with van der Waals surface area (Å²) in [5.41, 5.74) is 0.506. The van der Waals surface area contributed by atoms with Crippen LogP contribution in [0.4, 0.5) is 5.00 Å². The number of nitrogens with zero attached hydrogens (tertiary/aromatic N) is 1. The van der Waals surface area contributed by atoms with Crippen molar-refractivity contribution in [2.45, 2.75) is 6.54 Å². The summed E-state index contributed by atoms with van der Waals surface area (Å²) in [5, 5.41) is 14.1. The number of likely N-dealkylation sites (N-methyl/N-ethyl adjacent to an activating group) is 1. The van der Waals surface area contributed by atoms with Crippen molar-refractivity contribution in [3.63, 3.8) is 0 Å². The van der Waals surface area contributed by atoms with Gasteiger partial charge in [0.05, 0.1) is 21.8 Å². The van der Waals surface area contributed by atoms with Gasteiger partial charge in [-0.1, -0.05) is 11.6 Å². The third kappa shape index (κ3) is 4.05. The van der Waals surface area contributed by atoms with Gasteiger partial charge in [-0.15, -0.1) is 22.7 Å². The van der Waals surface area contributed by atoms with Crippen molar-refractivity contribution in [3.05, 3.63) is 38.4 Å². The van der Waals surface area contributed by atoms with Gasteiger partial charge in [0.1, 0.15) is 17.6 Å². The van der Waals surface area contributed by atoms with Crippen LogP contribution < -0.4 is 10.2 Å². The van der Waals surface area contributed by atoms with Crippen LogP contribution in [-0.4, -0.2) is 19.5 Å². The lowest BCUT2D eigenvalue weighted by molar-refractivity contribution is -0.884. The van der Waals surface area contributed by atoms with E-state index in [0.29, 0.717) is 17.1 Å². The second-order valence-corrected chi connectivity index (χ2v) is 7.06. The smallest absolute Gasteiger partial charge is 0.280 e. The Balaban J connectivity index is 1.87. The van der Waals surface area contributed by atoms with E-state index < -0.39 is 0 Å². The lowest BCUT2D eigenvalue weighted by atomic mass is 10.3. The number of amides is 1. The molecular formula is C13H13ClN3OS2+. The fourth-order valence-electron chi connectivity index (χ4n) is 1.75. The minimum Gasteiger partial charge on any atom is -0.325 e. The Hall–Kier alpha value is -1.39. The predicted octanol–water partition coefficient (Wildman–Crippen LogP) is 1.99. The first-order chi connectivity index (χ1) is 9.58. The molecule has 2 aromatic rings. The Kier molecular flexibility index (Phi) is 5.15. The molecule has 104 valence electrons. The zero-order valence-electron chi connectivity index (χ0n) is 10.8. The molecule has 2 N–H and O–H groups in total. The number of halogens is 1. The van der Waals surface area contributed by atoms with E-state index in [1.54, 1.807) is 11.4 Å². The van der Waals surface area contributed by atoms with E-state index >= 15 is 0 Å². The minimum atomic E-state index is -0.0934. The monoisotopic (exact) mass is 326 g/mol. The minimum absolute atomic E-state index is 0.0934. The summed E-state index contributed by atoms with van der Waals surface area (Å²) in [6.45, 7) is 1.10. The Labute approximate surface area is 130 Å². The number of nitrogens with one attached hydrogen (secondary N) is 2. The third-order valence-electron chi connectivity index (χ3n) is 2.61. The quantitative estimate of drug-likeness (QED) is 0.883. The van der Waals surface area contributed by atoms with Crippen molar-refractivity contribution in [1.29, 1.82) is 5.26 Å². The molecule has 2 aromatic heterocycles. The molecule has 0 radical (unpaired) electrons. The van der Waals surface area contributed by atoms with Crippen LogP contribution in [0.3, 0.4) is 0 Å². The Morgan fingerprint density at radius 3 is 2.95 bits per heavy atom. The summed E-state index contributed by atoms with van der Waals surface area (Å²) in [5.74, 6) is -0.0934. The van der Waals surface area contributed by atoms with Crippen molar-refractivity contribution >= 4 is 45.2 Å². The Morgan fingerprint density at radius 2 is 2.30 bits per heavy atom. The predicted molar refractivity (Wildman–Crippen MR) is 82.5 cm³/mol. The molecule has 0 aliphatic carbocycles. The van der Waals surface area contributed by atoms with Crippen LogP contribution >= 0.6 is 34.3 Å². The van der Waals surface area contributed by atoms with Crippen LogP contribution in [0, 0.1) is 11.3 Å². The molecule has 0 aromatic carbocycles. The van der Waals surface area contributed by atoms with Crippen molar-refractivity contribution in [1.82, 2.24) is 0 Å². The van der Waals surface area contributed by atoms with Crippen LogP contribution in [0.2, 0.25) is 4.34 Å². The SMILES string of the molecule is C[NH+](CC(=O)Nc1sccc1C#N)Cc1ccc(Cl)s1. The summed E-state index contributed by atoms with van der Waals surface area (Å²) < 4.78 is 0.759. The summed E-state index contributed by atoms with van der Waals surface area (Å²) in [6.07, 6.45) is 0. The maximum atomic E-state index is 11.9. The van der Waals surface area contributed by atoms with E-state index in [1.165, 1.54) is 22.7 Å². The van der Waals surface area contributed by atoms with E-state index in [1.807, 2.05) is 19.2 Å². The molecule has 1 unspecified atom stereocenters. The number of anilines is 1. The largest absolute Gasteiger partial charge is 0.325 e. The molecule has 0 saturated carbocycles. The van der Waals surface area contributed by atoms with Crippen LogP contribution in [0.5, 0.6) is 0 Å². The lowest BCUT2D eigenvalue weighted by Gasteiger charge is -2.12. The molecule has 2 heterocycles. The van der Waals surface area contributed by atoms with Gasteiger partial charge in [0.2, 0.25) is 0 Å². The molecule has 1 amide bonds. The molecule has 0 bridgehead atoms. The van der Waals surface area contributed by atoms with Crippen molar-refractivity contribution in [3.8, 4) is 6.07 Å². The van der Waals surface area contributed by atoms with Crippen molar-refractivity contribution < 1.29 is 9.69 Å². The molecule has 4 nitrogen and oxygen atoms in total. The highest BCUT2D eigenvalue weighted by atomic mass is 35.5. The number of carbonyl (C=O) groups is 1. The number of carbonyl (C=O) groups excluding carboxylic acids is 1. The van der Waals surface area contributed by atoms with Crippen LogP contribution in [0.1, 0.15) is 10.4 Å². The molecule has 20 heavy (non-hydrogen) atoms. The van der Waals surface area contributed by atoms with Gasteiger partial charge < -0.3 is 10.2 Å². The molecule has 7 heteroatoms. The fraction of sp³-hybridized carbons (Fsp3) is 0.231. The number of hydrogen-bond donors (Lipinski definition) is 2. The first-order valence-electron chi connectivity index (χ1n) is 5.91. The standard InChI is InChI=1S/C13H12ClN3OS2/c1-17(7-10-2-3-11(14)20-10)8-12(18)16-13-9(6-15)4-5-19-13/h2-5H,7-8H2,1H3,(H,16,18)/p+1. The van der Waals surface area contributed by atoms with Gasteiger partial charge in [-0.3, -0.25) is 4.79 Å². The van der Waals surface area contributed by atoms with Crippen molar-refractivity contribution in [2.75, 3.05) is 18.9 Å². The zero-order chi connectivity index (χ0) is 14.5. The Morgan fingerprint density at radius 1 is 1.50 bits per heavy atom. The molecule has 0 fully saturated rings.